The van der Waals surface area contributed by atoms with Crippen molar-refractivity contribution >= 4 is 5.97 Å². The molecule has 0 aromatic heterocycles. The van der Waals surface area contributed by atoms with Crippen molar-refractivity contribution in [3.8, 4) is 0 Å². The summed E-state index contributed by atoms with van der Waals surface area (Å²) in [6.45, 7) is 9.52. The van der Waals surface area contributed by atoms with Crippen LogP contribution in [-0.4, -0.2) is 36.0 Å². The van der Waals surface area contributed by atoms with Gasteiger partial charge in [-0.05, 0) is 83.0 Å². The van der Waals surface area contributed by atoms with Gasteiger partial charge < -0.3 is 14.2 Å². The summed E-state index contributed by atoms with van der Waals surface area (Å²) in [4.78, 5) is 12.2. The van der Waals surface area contributed by atoms with Crippen molar-refractivity contribution in [2.45, 2.75) is 108 Å². The molecule has 4 saturated carbocycles. The Balaban J connectivity index is 1.29. The highest BCUT2D eigenvalue weighted by molar-refractivity contribution is 5.87. The summed E-state index contributed by atoms with van der Waals surface area (Å²) >= 11 is 0. The minimum absolute atomic E-state index is 0.0620. The van der Waals surface area contributed by atoms with E-state index in [0.717, 1.165) is 51.7 Å². The maximum Gasteiger partial charge on any atom is 0.333 e. The molecule has 4 aliphatic carbocycles. The van der Waals surface area contributed by atoms with E-state index in [0.29, 0.717) is 17.4 Å². The predicted octanol–water partition coefficient (Wildman–Crippen LogP) is 5.34. The molecule has 0 aromatic carbocycles. The molecule has 158 valence electrons. The second-order valence-corrected chi connectivity index (χ2v) is 10.3. The topological polar surface area (TPSA) is 44.8 Å². The van der Waals surface area contributed by atoms with Gasteiger partial charge in [0, 0.05) is 18.6 Å². The van der Waals surface area contributed by atoms with Gasteiger partial charge in [0.2, 0.25) is 0 Å². The number of ether oxygens (including phenoxy) is 3. The van der Waals surface area contributed by atoms with E-state index in [1.165, 1.54) is 38.5 Å². The zero-order chi connectivity index (χ0) is 19.8. The van der Waals surface area contributed by atoms with E-state index in [2.05, 4.69) is 13.5 Å². The summed E-state index contributed by atoms with van der Waals surface area (Å²) in [7, 11) is 0. The molecule has 4 bridgehead atoms. The van der Waals surface area contributed by atoms with Gasteiger partial charge in [-0.25, -0.2) is 4.79 Å². The van der Waals surface area contributed by atoms with E-state index in [1.54, 1.807) is 6.92 Å². The van der Waals surface area contributed by atoms with Crippen LogP contribution in [0.15, 0.2) is 12.2 Å². The predicted molar refractivity (Wildman–Crippen MR) is 109 cm³/mol. The molecule has 3 atom stereocenters. The molecule has 0 radical (unpaired) electrons. The first kappa shape index (κ1) is 20.4. The van der Waals surface area contributed by atoms with Crippen LogP contribution in [0.2, 0.25) is 0 Å². The van der Waals surface area contributed by atoms with Crippen LogP contribution in [0.1, 0.15) is 90.9 Å². The summed E-state index contributed by atoms with van der Waals surface area (Å²) in [5, 5.41) is 0. The fraction of sp³-hybridized carbons (Fsp3) is 0.875. The summed E-state index contributed by atoms with van der Waals surface area (Å²) in [6, 6.07) is 0. The third kappa shape index (κ3) is 4.05. The second-order valence-electron chi connectivity index (χ2n) is 10.3. The van der Waals surface area contributed by atoms with Crippen molar-refractivity contribution < 1.29 is 19.0 Å². The lowest BCUT2D eigenvalue weighted by molar-refractivity contribution is -0.232. The Kier molecular flexibility index (Phi) is 5.65. The van der Waals surface area contributed by atoms with Crippen LogP contribution in [0.4, 0.5) is 0 Å². The summed E-state index contributed by atoms with van der Waals surface area (Å²) in [6.07, 6.45) is 13.6. The maximum atomic E-state index is 12.2. The third-order valence-electron chi connectivity index (χ3n) is 7.72. The Morgan fingerprint density at radius 2 is 1.79 bits per heavy atom. The first-order valence-corrected chi connectivity index (χ1v) is 11.5. The van der Waals surface area contributed by atoms with Gasteiger partial charge in [0.15, 0.2) is 0 Å². The molecular formula is C24H38O4. The molecule has 1 saturated heterocycles. The molecule has 5 aliphatic rings. The van der Waals surface area contributed by atoms with Gasteiger partial charge in [-0.15, -0.1) is 0 Å². The number of esters is 1. The molecule has 5 fully saturated rings. The average Bonchev–Trinajstić information content (AvgIpc) is 2.57. The molecule has 0 N–H and O–H groups in total. The fourth-order valence-electron chi connectivity index (χ4n) is 6.87. The van der Waals surface area contributed by atoms with E-state index >= 15 is 0 Å². The van der Waals surface area contributed by atoms with Gasteiger partial charge >= 0.3 is 5.97 Å². The number of hydrogen-bond acceptors (Lipinski definition) is 4. The highest BCUT2D eigenvalue weighted by Crippen LogP contribution is 2.60. The van der Waals surface area contributed by atoms with Crippen LogP contribution >= 0.6 is 0 Å². The Bertz CT molecular complexity index is 592. The summed E-state index contributed by atoms with van der Waals surface area (Å²) < 4.78 is 18.5. The molecule has 3 unspecified atom stereocenters. The standard InChI is InChI=1S/C24H38O4/c1-4-7-22(9-11-27-22)8-5-6-10-26-23-13-19-12-20(14-23)16-24(15-19,17-23)28-21(25)18(2)3/h19-20H,2,4-17H2,1,3H3. The van der Waals surface area contributed by atoms with Gasteiger partial charge in [0.1, 0.15) is 5.60 Å². The molecule has 4 nitrogen and oxygen atoms in total. The maximum absolute atomic E-state index is 12.2. The Hall–Kier alpha value is -0.870. The number of carbonyl (C=O) groups excluding carboxylic acids is 1. The van der Waals surface area contributed by atoms with Crippen LogP contribution < -0.4 is 0 Å². The molecule has 0 aromatic rings. The Labute approximate surface area is 170 Å². The smallest absolute Gasteiger partial charge is 0.333 e. The van der Waals surface area contributed by atoms with Crippen LogP contribution in [0.3, 0.4) is 0 Å². The summed E-state index contributed by atoms with van der Waals surface area (Å²) in [5.41, 5.74) is 0.319. The third-order valence-corrected chi connectivity index (χ3v) is 7.72. The van der Waals surface area contributed by atoms with Crippen molar-refractivity contribution in [1.29, 1.82) is 0 Å². The van der Waals surface area contributed by atoms with Crippen LogP contribution in [0.25, 0.3) is 0 Å². The van der Waals surface area contributed by atoms with Crippen LogP contribution in [0, 0.1) is 11.8 Å². The monoisotopic (exact) mass is 390 g/mol. The van der Waals surface area contributed by atoms with Crippen LogP contribution in [0.5, 0.6) is 0 Å². The molecule has 1 aliphatic heterocycles. The van der Waals surface area contributed by atoms with Crippen molar-refractivity contribution in [3.63, 3.8) is 0 Å². The number of rotatable bonds is 10. The number of carbonyl (C=O) groups is 1. The van der Waals surface area contributed by atoms with Gasteiger partial charge in [0.05, 0.1) is 17.8 Å². The van der Waals surface area contributed by atoms with Crippen LogP contribution in [-0.2, 0) is 19.0 Å². The summed E-state index contributed by atoms with van der Waals surface area (Å²) in [5.74, 6) is 1.07. The van der Waals surface area contributed by atoms with E-state index in [-0.39, 0.29) is 22.8 Å². The Morgan fingerprint density at radius 1 is 1.11 bits per heavy atom. The molecule has 4 heteroatoms. The van der Waals surface area contributed by atoms with Crippen molar-refractivity contribution in [2.24, 2.45) is 11.8 Å². The van der Waals surface area contributed by atoms with E-state index in [4.69, 9.17) is 14.2 Å². The van der Waals surface area contributed by atoms with Gasteiger partial charge in [0.25, 0.3) is 0 Å². The number of unbranched alkanes of at least 4 members (excludes halogenated alkanes) is 1. The highest BCUT2D eigenvalue weighted by Gasteiger charge is 2.60. The highest BCUT2D eigenvalue weighted by atomic mass is 16.6. The normalized spacial score (nSPS) is 40.9. The van der Waals surface area contributed by atoms with Gasteiger partial charge in [-0.1, -0.05) is 19.9 Å². The molecule has 5 rings (SSSR count). The molecule has 28 heavy (non-hydrogen) atoms. The minimum Gasteiger partial charge on any atom is -0.456 e. The minimum atomic E-state index is -0.301. The van der Waals surface area contributed by atoms with Crippen molar-refractivity contribution in [2.75, 3.05) is 13.2 Å². The lowest BCUT2D eigenvalue weighted by Crippen LogP contribution is -2.61. The largest absolute Gasteiger partial charge is 0.456 e. The Morgan fingerprint density at radius 3 is 2.36 bits per heavy atom. The van der Waals surface area contributed by atoms with Gasteiger partial charge in [-0.2, -0.15) is 0 Å². The quantitative estimate of drug-likeness (QED) is 0.287. The van der Waals surface area contributed by atoms with Crippen molar-refractivity contribution in [3.05, 3.63) is 12.2 Å². The van der Waals surface area contributed by atoms with E-state index in [1.807, 2.05) is 0 Å². The SMILES string of the molecule is C=C(C)C(=O)OC12CC3CC(CC(OCCCCC4(CCC)CCO4)(C3)C1)C2. The zero-order valence-electron chi connectivity index (χ0n) is 17.9. The molecule has 0 amide bonds. The first-order valence-electron chi connectivity index (χ1n) is 11.5. The number of hydrogen-bond donors (Lipinski definition) is 0. The lowest BCUT2D eigenvalue weighted by Gasteiger charge is -2.60. The average molecular weight is 391 g/mol. The van der Waals surface area contributed by atoms with Gasteiger partial charge in [-0.3, -0.25) is 0 Å². The second kappa shape index (κ2) is 7.75. The van der Waals surface area contributed by atoms with Crippen molar-refractivity contribution in [1.82, 2.24) is 0 Å². The molecular weight excluding hydrogens is 352 g/mol. The fourth-order valence-corrected chi connectivity index (χ4v) is 6.87. The van der Waals surface area contributed by atoms with E-state index in [9.17, 15) is 4.79 Å². The zero-order valence-corrected chi connectivity index (χ0v) is 17.9. The molecule has 1 heterocycles. The molecule has 0 spiro atoms. The van der Waals surface area contributed by atoms with E-state index < -0.39 is 0 Å². The lowest BCUT2D eigenvalue weighted by atomic mass is 9.52. The first-order chi connectivity index (χ1) is 13.4.